The summed E-state index contributed by atoms with van der Waals surface area (Å²) in [6.07, 6.45) is 1.04. The molecule has 0 atom stereocenters. The molecule has 0 aliphatic carbocycles. The fourth-order valence-corrected chi connectivity index (χ4v) is 3.03. The van der Waals surface area contributed by atoms with Crippen molar-refractivity contribution in [1.29, 1.82) is 0 Å². The summed E-state index contributed by atoms with van der Waals surface area (Å²) in [6, 6.07) is 12.2. The molecule has 1 aliphatic rings. The molecule has 3 rings (SSSR count). The van der Waals surface area contributed by atoms with E-state index in [0.29, 0.717) is 16.9 Å². The highest BCUT2D eigenvalue weighted by atomic mass is 35.5. The van der Waals surface area contributed by atoms with Gasteiger partial charge < -0.3 is 9.80 Å². The molecule has 2 aromatic rings. The van der Waals surface area contributed by atoms with Gasteiger partial charge in [-0.25, -0.2) is 0 Å². The van der Waals surface area contributed by atoms with Crippen molar-refractivity contribution >= 4 is 34.1 Å². The van der Waals surface area contributed by atoms with Crippen molar-refractivity contribution in [2.24, 2.45) is 0 Å². The van der Waals surface area contributed by atoms with E-state index in [1.165, 1.54) is 0 Å². The maximum Gasteiger partial charge on any atom is 0.142 e. The predicted octanol–water partition coefficient (Wildman–Crippen LogP) is 4.32. The first-order chi connectivity index (χ1) is 10.2. The van der Waals surface area contributed by atoms with Crippen LogP contribution >= 0.6 is 23.2 Å². The monoisotopic (exact) mass is 321 g/mol. The van der Waals surface area contributed by atoms with E-state index in [-0.39, 0.29) is 0 Å². The Bertz CT molecular complexity index is 684. The highest BCUT2D eigenvalue weighted by Gasteiger charge is 2.26. The number of hydrogen-bond donors (Lipinski definition) is 0. The van der Waals surface area contributed by atoms with Crippen molar-refractivity contribution in [2.45, 2.75) is 19.9 Å². The van der Waals surface area contributed by atoms with E-state index in [1.54, 1.807) is 0 Å². The van der Waals surface area contributed by atoms with Crippen LogP contribution < -0.4 is 0 Å². The molecular weight excluding hydrogens is 305 g/mol. The van der Waals surface area contributed by atoms with E-state index >= 15 is 0 Å². The van der Waals surface area contributed by atoms with Gasteiger partial charge >= 0.3 is 0 Å². The van der Waals surface area contributed by atoms with Gasteiger partial charge in [0.25, 0.3) is 0 Å². The summed E-state index contributed by atoms with van der Waals surface area (Å²) < 4.78 is 0. The maximum atomic E-state index is 6.33. The van der Waals surface area contributed by atoms with E-state index in [9.17, 15) is 0 Å². The van der Waals surface area contributed by atoms with Gasteiger partial charge in [0, 0.05) is 11.9 Å². The Kier molecular flexibility index (Phi) is 4.22. The van der Waals surface area contributed by atoms with Gasteiger partial charge in [0.15, 0.2) is 0 Å². The number of hydrogen-bond acceptors (Lipinski definition) is 3. The highest BCUT2D eigenvalue weighted by molar-refractivity contribution is 6.38. The molecule has 0 bridgehead atoms. The van der Waals surface area contributed by atoms with Crippen LogP contribution in [0.1, 0.15) is 19.0 Å². The van der Waals surface area contributed by atoms with Crippen molar-refractivity contribution in [1.82, 2.24) is 14.8 Å². The fraction of sp³-hybridized carbons (Fsp3) is 0.312. The molecule has 0 N–H and O–H groups in total. The molecule has 0 radical (unpaired) electrons. The van der Waals surface area contributed by atoms with Crippen LogP contribution in [-0.2, 0) is 6.54 Å². The third-order valence-electron chi connectivity index (χ3n) is 3.57. The lowest BCUT2D eigenvalue weighted by Gasteiger charge is -2.21. The number of fused-ring (bicyclic) bond motifs is 1. The molecule has 1 aromatic carbocycles. The molecule has 0 saturated heterocycles. The molecule has 0 saturated carbocycles. The number of aromatic nitrogens is 1. The zero-order valence-electron chi connectivity index (χ0n) is 11.9. The average molecular weight is 322 g/mol. The van der Waals surface area contributed by atoms with Crippen LogP contribution in [0.5, 0.6) is 0 Å². The zero-order valence-corrected chi connectivity index (χ0v) is 13.4. The van der Waals surface area contributed by atoms with Crippen molar-refractivity contribution in [3.8, 4) is 0 Å². The minimum Gasteiger partial charge on any atom is -0.342 e. The lowest BCUT2D eigenvalue weighted by atomic mass is 10.2. The molecule has 0 amide bonds. The molecular formula is C16H17Cl2N3. The summed E-state index contributed by atoms with van der Waals surface area (Å²) in [5.41, 5.74) is 2.00. The first-order valence-electron chi connectivity index (χ1n) is 7.09. The standard InChI is InChI=1S/C16H17Cl2N3/c1-2-9-20-11-21(16(18)15(20)17)10-13-8-7-12-5-3-4-6-14(12)19-13/h3-8H,2,9-11H2,1H3. The first-order valence-corrected chi connectivity index (χ1v) is 7.84. The van der Waals surface area contributed by atoms with Crippen LogP contribution in [0, 0.1) is 0 Å². The maximum absolute atomic E-state index is 6.33. The van der Waals surface area contributed by atoms with Gasteiger partial charge in [-0.15, -0.1) is 0 Å². The summed E-state index contributed by atoms with van der Waals surface area (Å²) in [7, 11) is 0. The van der Waals surface area contributed by atoms with Crippen LogP contribution in [0.3, 0.4) is 0 Å². The van der Waals surface area contributed by atoms with Crippen LogP contribution in [0.15, 0.2) is 46.7 Å². The van der Waals surface area contributed by atoms with Gasteiger partial charge in [0.1, 0.15) is 10.3 Å². The minimum absolute atomic E-state index is 0.611. The van der Waals surface area contributed by atoms with Crippen molar-refractivity contribution in [2.75, 3.05) is 13.2 Å². The van der Waals surface area contributed by atoms with Gasteiger partial charge in [-0.05, 0) is 18.6 Å². The Morgan fingerprint density at radius 3 is 2.62 bits per heavy atom. The van der Waals surface area contributed by atoms with E-state index in [0.717, 1.165) is 36.2 Å². The Morgan fingerprint density at radius 1 is 1.05 bits per heavy atom. The van der Waals surface area contributed by atoms with Crippen molar-refractivity contribution in [3.05, 3.63) is 52.4 Å². The minimum atomic E-state index is 0.611. The molecule has 0 spiro atoms. The summed E-state index contributed by atoms with van der Waals surface area (Å²) in [6.45, 7) is 4.43. The summed E-state index contributed by atoms with van der Waals surface area (Å²) in [5, 5.41) is 2.40. The molecule has 1 aromatic heterocycles. The lowest BCUT2D eigenvalue weighted by molar-refractivity contribution is 0.251. The number of rotatable bonds is 4. The van der Waals surface area contributed by atoms with E-state index in [1.807, 2.05) is 24.3 Å². The highest BCUT2D eigenvalue weighted by Crippen LogP contribution is 2.30. The molecule has 21 heavy (non-hydrogen) atoms. The van der Waals surface area contributed by atoms with Gasteiger partial charge in [0.2, 0.25) is 0 Å². The quantitative estimate of drug-likeness (QED) is 0.781. The second-order valence-corrected chi connectivity index (χ2v) is 5.90. The predicted molar refractivity (Wildman–Crippen MR) is 87.9 cm³/mol. The third kappa shape index (κ3) is 2.94. The van der Waals surface area contributed by atoms with E-state index in [2.05, 4.69) is 33.8 Å². The number of pyridine rings is 1. The van der Waals surface area contributed by atoms with Crippen LogP contribution in [0.4, 0.5) is 0 Å². The van der Waals surface area contributed by atoms with E-state index in [4.69, 9.17) is 23.2 Å². The molecule has 0 unspecified atom stereocenters. The van der Waals surface area contributed by atoms with Gasteiger partial charge in [0.05, 0.1) is 24.4 Å². The number of benzene rings is 1. The molecule has 3 nitrogen and oxygen atoms in total. The Balaban J connectivity index is 1.79. The number of halogens is 2. The van der Waals surface area contributed by atoms with Crippen LogP contribution in [-0.4, -0.2) is 28.0 Å². The van der Waals surface area contributed by atoms with Crippen molar-refractivity contribution < 1.29 is 0 Å². The van der Waals surface area contributed by atoms with Crippen molar-refractivity contribution in [3.63, 3.8) is 0 Å². The topological polar surface area (TPSA) is 19.4 Å². The number of para-hydroxylation sites is 1. The largest absolute Gasteiger partial charge is 0.342 e. The molecule has 0 fully saturated rings. The Morgan fingerprint density at radius 2 is 1.81 bits per heavy atom. The molecule has 1 aliphatic heterocycles. The Labute approximate surface area is 134 Å². The second-order valence-electron chi connectivity index (χ2n) is 5.18. The summed E-state index contributed by atoms with van der Waals surface area (Å²) in [4.78, 5) is 8.83. The Hall–Kier alpha value is -1.45. The van der Waals surface area contributed by atoms with Gasteiger partial charge in [-0.1, -0.05) is 54.4 Å². The zero-order chi connectivity index (χ0) is 14.8. The summed E-state index contributed by atoms with van der Waals surface area (Å²) >= 11 is 12.6. The summed E-state index contributed by atoms with van der Waals surface area (Å²) in [5.74, 6) is 0. The first kappa shape index (κ1) is 14.5. The molecule has 110 valence electrons. The fourth-order valence-electron chi connectivity index (χ4n) is 2.54. The van der Waals surface area contributed by atoms with Gasteiger partial charge in [-0.3, -0.25) is 4.98 Å². The molecule has 2 heterocycles. The number of nitrogens with zero attached hydrogens (tertiary/aromatic N) is 3. The molecule has 5 heteroatoms. The second kappa shape index (κ2) is 6.12. The van der Waals surface area contributed by atoms with Crippen LogP contribution in [0.25, 0.3) is 10.9 Å². The van der Waals surface area contributed by atoms with Gasteiger partial charge in [-0.2, -0.15) is 0 Å². The van der Waals surface area contributed by atoms with Crippen LogP contribution in [0.2, 0.25) is 0 Å². The average Bonchev–Trinajstić information content (AvgIpc) is 2.76. The normalized spacial score (nSPS) is 15.4. The lowest BCUT2D eigenvalue weighted by Crippen LogP contribution is -2.27. The third-order valence-corrected chi connectivity index (χ3v) is 4.50. The van der Waals surface area contributed by atoms with E-state index < -0.39 is 0 Å². The SMILES string of the molecule is CCCN1CN(Cc2ccc3ccccc3n2)C(Cl)=C1Cl. The smallest absolute Gasteiger partial charge is 0.142 e.